The highest BCUT2D eigenvalue weighted by Crippen LogP contribution is 2.34. The summed E-state index contributed by atoms with van der Waals surface area (Å²) in [5.41, 5.74) is 2.23. The minimum atomic E-state index is -4.21. The summed E-state index contributed by atoms with van der Waals surface area (Å²) >= 11 is 0. The van der Waals surface area contributed by atoms with Gasteiger partial charge in [0.25, 0.3) is 10.0 Å². The van der Waals surface area contributed by atoms with Gasteiger partial charge in [-0.25, -0.2) is 12.8 Å². The molecule has 0 radical (unpaired) electrons. The number of nitrogens with one attached hydrogen (secondary N) is 1. The highest BCUT2D eigenvalue weighted by molar-refractivity contribution is 7.92. The number of sulfonamides is 1. The molecule has 2 aliphatic heterocycles. The first-order chi connectivity index (χ1) is 18.8. The predicted molar refractivity (Wildman–Crippen MR) is 147 cm³/mol. The smallest absolute Gasteiger partial charge is 0.264 e. The Morgan fingerprint density at radius 2 is 1.62 bits per heavy atom. The molecule has 1 atom stereocenters. The third-order valence-electron chi connectivity index (χ3n) is 7.00. The van der Waals surface area contributed by atoms with Gasteiger partial charge in [-0.3, -0.25) is 9.10 Å². The van der Waals surface area contributed by atoms with Crippen LogP contribution in [0.2, 0.25) is 0 Å². The Hall–Kier alpha value is -3.79. The van der Waals surface area contributed by atoms with Crippen molar-refractivity contribution in [1.82, 2.24) is 5.32 Å². The summed E-state index contributed by atoms with van der Waals surface area (Å²) in [5, 5.41) is 2.90. The number of carbonyl (C=O) groups excluding carboxylic acids is 1. The molecule has 0 aromatic heterocycles. The number of hydrogen-bond donors (Lipinski definition) is 1. The lowest BCUT2D eigenvalue weighted by atomic mass is 10.1. The summed E-state index contributed by atoms with van der Waals surface area (Å²) < 4.78 is 53.1. The van der Waals surface area contributed by atoms with Crippen LogP contribution in [-0.4, -0.2) is 47.2 Å². The maximum atomic E-state index is 13.7. The van der Waals surface area contributed by atoms with Gasteiger partial charge in [-0.1, -0.05) is 12.1 Å². The van der Waals surface area contributed by atoms with E-state index in [0.717, 1.165) is 40.8 Å². The Morgan fingerprint density at radius 1 is 0.949 bits per heavy atom. The number of benzene rings is 3. The highest BCUT2D eigenvalue weighted by Gasteiger charge is 2.29. The lowest BCUT2D eigenvalue weighted by Crippen LogP contribution is -2.41. The Bertz CT molecular complexity index is 1410. The number of piperidine rings is 1. The number of halogens is 1. The third-order valence-corrected chi connectivity index (χ3v) is 8.77. The minimum absolute atomic E-state index is 0.0646. The van der Waals surface area contributed by atoms with Crippen LogP contribution in [0.1, 0.15) is 37.8 Å². The van der Waals surface area contributed by atoms with Crippen molar-refractivity contribution in [1.29, 1.82) is 0 Å². The topological polar surface area (TPSA) is 88.2 Å². The van der Waals surface area contributed by atoms with E-state index in [1.807, 2.05) is 19.1 Å². The van der Waals surface area contributed by atoms with E-state index in [0.29, 0.717) is 24.7 Å². The summed E-state index contributed by atoms with van der Waals surface area (Å²) in [7, 11) is -4.21. The van der Waals surface area contributed by atoms with E-state index in [1.165, 1.54) is 49.6 Å². The molecule has 0 saturated carbocycles. The SMILES string of the molecule is CC(NC(=O)CN(c1ccc(F)cc1)S(=O)(=O)c1ccc2c(c1)OCCO2)c1ccc(N2CCCCC2)cc1. The van der Waals surface area contributed by atoms with Crippen LogP contribution in [0.25, 0.3) is 0 Å². The Morgan fingerprint density at radius 3 is 2.31 bits per heavy atom. The molecule has 3 aromatic carbocycles. The molecular weight excluding hydrogens is 521 g/mol. The molecule has 206 valence electrons. The molecule has 1 fully saturated rings. The van der Waals surface area contributed by atoms with Gasteiger partial charge >= 0.3 is 0 Å². The lowest BCUT2D eigenvalue weighted by Gasteiger charge is -2.29. The Labute approximate surface area is 228 Å². The van der Waals surface area contributed by atoms with Gasteiger partial charge < -0.3 is 19.7 Å². The molecule has 0 aliphatic carbocycles. The number of nitrogens with zero attached hydrogens (tertiary/aromatic N) is 2. The third kappa shape index (κ3) is 6.11. The largest absolute Gasteiger partial charge is 0.486 e. The summed E-state index contributed by atoms with van der Waals surface area (Å²) in [6.07, 6.45) is 3.64. The molecule has 3 aromatic rings. The van der Waals surface area contributed by atoms with E-state index in [4.69, 9.17) is 9.47 Å². The fourth-order valence-corrected chi connectivity index (χ4v) is 6.30. The maximum Gasteiger partial charge on any atom is 0.264 e. The van der Waals surface area contributed by atoms with Crippen LogP contribution in [0.4, 0.5) is 15.8 Å². The Balaban J connectivity index is 1.34. The normalized spacial score (nSPS) is 15.9. The van der Waals surface area contributed by atoms with Crippen molar-refractivity contribution in [2.24, 2.45) is 0 Å². The van der Waals surface area contributed by atoms with E-state index in [9.17, 15) is 17.6 Å². The van der Waals surface area contributed by atoms with Crippen molar-refractivity contribution in [3.05, 3.63) is 78.1 Å². The predicted octanol–water partition coefficient (Wildman–Crippen LogP) is 4.66. The van der Waals surface area contributed by atoms with Crippen LogP contribution in [0.15, 0.2) is 71.6 Å². The molecule has 1 N–H and O–H groups in total. The molecule has 1 amide bonds. The molecule has 0 spiro atoms. The number of fused-ring (bicyclic) bond motifs is 1. The molecule has 1 unspecified atom stereocenters. The van der Waals surface area contributed by atoms with E-state index in [2.05, 4.69) is 22.3 Å². The zero-order chi connectivity index (χ0) is 27.4. The second kappa shape index (κ2) is 11.5. The van der Waals surface area contributed by atoms with Crippen molar-refractivity contribution in [2.45, 2.75) is 37.1 Å². The van der Waals surface area contributed by atoms with Crippen molar-refractivity contribution in [2.75, 3.05) is 42.1 Å². The van der Waals surface area contributed by atoms with E-state index >= 15 is 0 Å². The fraction of sp³-hybridized carbons (Fsp3) is 0.345. The van der Waals surface area contributed by atoms with Gasteiger partial charge in [0.2, 0.25) is 5.91 Å². The molecule has 5 rings (SSSR count). The zero-order valence-corrected chi connectivity index (χ0v) is 22.6. The number of rotatable bonds is 8. The second-order valence-electron chi connectivity index (χ2n) is 9.72. The van der Waals surface area contributed by atoms with Crippen LogP contribution < -0.4 is 24.0 Å². The van der Waals surface area contributed by atoms with Gasteiger partial charge in [-0.15, -0.1) is 0 Å². The first-order valence-corrected chi connectivity index (χ1v) is 14.6. The number of anilines is 2. The van der Waals surface area contributed by atoms with Crippen LogP contribution in [-0.2, 0) is 14.8 Å². The fourth-order valence-electron chi connectivity index (χ4n) is 4.86. The van der Waals surface area contributed by atoms with Crippen molar-refractivity contribution in [3.63, 3.8) is 0 Å². The molecule has 0 bridgehead atoms. The van der Waals surface area contributed by atoms with Crippen LogP contribution in [0, 0.1) is 5.82 Å². The molecule has 39 heavy (non-hydrogen) atoms. The first kappa shape index (κ1) is 26.8. The molecule has 10 heteroatoms. The zero-order valence-electron chi connectivity index (χ0n) is 21.8. The van der Waals surface area contributed by atoms with Gasteiger partial charge in [-0.05, 0) is 80.3 Å². The molecular formula is C29H32FN3O5S. The van der Waals surface area contributed by atoms with E-state index in [-0.39, 0.29) is 16.6 Å². The van der Waals surface area contributed by atoms with E-state index < -0.39 is 28.3 Å². The number of hydrogen-bond acceptors (Lipinski definition) is 6. The molecule has 2 aliphatic rings. The van der Waals surface area contributed by atoms with Crippen molar-refractivity contribution < 1.29 is 27.1 Å². The quantitative estimate of drug-likeness (QED) is 0.437. The first-order valence-electron chi connectivity index (χ1n) is 13.1. The van der Waals surface area contributed by atoms with Crippen molar-refractivity contribution in [3.8, 4) is 11.5 Å². The number of amides is 1. The van der Waals surface area contributed by atoms with E-state index in [1.54, 1.807) is 0 Å². The van der Waals surface area contributed by atoms with Crippen LogP contribution in [0.5, 0.6) is 11.5 Å². The van der Waals surface area contributed by atoms with Gasteiger partial charge in [0.1, 0.15) is 25.6 Å². The summed E-state index contributed by atoms with van der Waals surface area (Å²) in [6, 6.07) is 17.0. The van der Waals surface area contributed by atoms with Crippen LogP contribution >= 0.6 is 0 Å². The summed E-state index contributed by atoms with van der Waals surface area (Å²) in [5.74, 6) is -0.242. The Kier molecular flexibility index (Phi) is 7.92. The molecule has 1 saturated heterocycles. The second-order valence-corrected chi connectivity index (χ2v) is 11.6. The average molecular weight is 554 g/mol. The van der Waals surface area contributed by atoms with Gasteiger partial charge in [0, 0.05) is 24.8 Å². The van der Waals surface area contributed by atoms with Gasteiger partial charge in [-0.2, -0.15) is 0 Å². The monoisotopic (exact) mass is 553 g/mol. The summed E-state index contributed by atoms with van der Waals surface area (Å²) in [6.45, 7) is 4.13. The van der Waals surface area contributed by atoms with Gasteiger partial charge in [0.15, 0.2) is 11.5 Å². The van der Waals surface area contributed by atoms with Crippen LogP contribution in [0.3, 0.4) is 0 Å². The lowest BCUT2D eigenvalue weighted by molar-refractivity contribution is -0.120. The molecule has 8 nitrogen and oxygen atoms in total. The number of ether oxygens (including phenoxy) is 2. The minimum Gasteiger partial charge on any atom is -0.486 e. The standard InChI is InChI=1S/C29H32FN3O5S/c1-21(22-5-9-24(10-6-22)32-15-3-2-4-16-32)31-29(34)20-33(25-11-7-23(30)8-12-25)39(35,36)26-13-14-27-28(19-26)38-18-17-37-27/h5-14,19,21H,2-4,15-18,20H2,1H3,(H,31,34). The maximum absolute atomic E-state index is 13.7. The number of carbonyl (C=O) groups is 1. The average Bonchev–Trinajstić information content (AvgIpc) is 2.96. The summed E-state index contributed by atoms with van der Waals surface area (Å²) in [4.78, 5) is 15.5. The highest BCUT2D eigenvalue weighted by atomic mass is 32.2. The van der Waals surface area contributed by atoms with Crippen molar-refractivity contribution >= 4 is 27.3 Å². The van der Waals surface area contributed by atoms with Gasteiger partial charge in [0.05, 0.1) is 16.6 Å². The molecule has 2 heterocycles.